The maximum atomic E-state index is 11.0. The lowest BCUT2D eigenvalue weighted by atomic mass is 9.87. The maximum Gasteiger partial charge on any atom is 0.330 e. The van der Waals surface area contributed by atoms with E-state index >= 15 is 0 Å². The predicted octanol–water partition coefficient (Wildman–Crippen LogP) is 2.03. The molecule has 84 valence electrons. The van der Waals surface area contributed by atoms with Crippen LogP contribution in [0.5, 0.6) is 0 Å². The standard InChI is InChI=1S/C12H11ClO3/c1-8-12(15,6-5-11(14)16-8)9-3-2-4-10(13)7-9/h2-8,15H,1H3/t8-,12-/m0/s1. The zero-order valence-electron chi connectivity index (χ0n) is 8.68. The van der Waals surface area contributed by atoms with Gasteiger partial charge in [0.05, 0.1) is 0 Å². The normalized spacial score (nSPS) is 28.9. The molecule has 2 atom stereocenters. The van der Waals surface area contributed by atoms with Gasteiger partial charge in [-0.25, -0.2) is 4.79 Å². The lowest BCUT2D eigenvalue weighted by Crippen LogP contribution is -2.41. The van der Waals surface area contributed by atoms with Crippen molar-refractivity contribution < 1.29 is 14.6 Å². The highest BCUT2D eigenvalue weighted by molar-refractivity contribution is 6.30. The lowest BCUT2D eigenvalue weighted by Gasteiger charge is -2.33. The topological polar surface area (TPSA) is 46.5 Å². The van der Waals surface area contributed by atoms with Gasteiger partial charge in [-0.15, -0.1) is 0 Å². The Bertz CT molecular complexity index is 455. The Morgan fingerprint density at radius 1 is 1.50 bits per heavy atom. The smallest absolute Gasteiger partial charge is 0.330 e. The van der Waals surface area contributed by atoms with E-state index in [-0.39, 0.29) is 0 Å². The molecular formula is C12H11ClO3. The van der Waals surface area contributed by atoms with E-state index < -0.39 is 17.7 Å². The maximum absolute atomic E-state index is 11.0. The van der Waals surface area contributed by atoms with Crippen molar-refractivity contribution in [2.45, 2.75) is 18.6 Å². The number of hydrogen-bond acceptors (Lipinski definition) is 3. The third-order valence-corrected chi connectivity index (χ3v) is 2.91. The minimum atomic E-state index is -1.31. The summed E-state index contributed by atoms with van der Waals surface area (Å²) < 4.78 is 4.98. The molecule has 2 rings (SSSR count). The van der Waals surface area contributed by atoms with Crippen LogP contribution in [0.4, 0.5) is 0 Å². The third kappa shape index (κ3) is 1.84. The lowest BCUT2D eigenvalue weighted by molar-refractivity contribution is -0.157. The molecule has 0 saturated carbocycles. The van der Waals surface area contributed by atoms with E-state index in [1.165, 1.54) is 12.2 Å². The second-order valence-corrected chi connectivity index (χ2v) is 4.18. The van der Waals surface area contributed by atoms with Crippen LogP contribution < -0.4 is 0 Å². The molecule has 0 bridgehead atoms. The van der Waals surface area contributed by atoms with E-state index in [0.29, 0.717) is 10.6 Å². The van der Waals surface area contributed by atoms with Gasteiger partial charge in [0.1, 0.15) is 11.7 Å². The van der Waals surface area contributed by atoms with E-state index in [1.807, 2.05) is 0 Å². The van der Waals surface area contributed by atoms with E-state index in [1.54, 1.807) is 31.2 Å². The summed E-state index contributed by atoms with van der Waals surface area (Å²) in [6.07, 6.45) is 2.03. The SMILES string of the molecule is C[C@@H]1OC(=O)C=C[C@@]1(O)c1cccc(Cl)c1. The minimum absolute atomic E-state index is 0.445. The van der Waals surface area contributed by atoms with Crippen LogP contribution in [0.25, 0.3) is 0 Å². The molecule has 0 amide bonds. The number of ether oxygens (including phenoxy) is 1. The van der Waals surface area contributed by atoms with Gasteiger partial charge in [-0.1, -0.05) is 23.7 Å². The molecule has 4 heteroatoms. The van der Waals surface area contributed by atoms with Crippen LogP contribution >= 0.6 is 11.6 Å². The van der Waals surface area contributed by atoms with E-state index in [9.17, 15) is 9.90 Å². The van der Waals surface area contributed by atoms with Crippen molar-refractivity contribution in [2.75, 3.05) is 0 Å². The number of aliphatic hydroxyl groups is 1. The predicted molar refractivity (Wildman–Crippen MR) is 60.0 cm³/mol. The average molecular weight is 239 g/mol. The molecule has 0 saturated heterocycles. The highest BCUT2D eigenvalue weighted by Gasteiger charge is 2.38. The van der Waals surface area contributed by atoms with E-state index in [2.05, 4.69) is 0 Å². The number of benzene rings is 1. The monoisotopic (exact) mass is 238 g/mol. The summed E-state index contributed by atoms with van der Waals surface area (Å²) in [6, 6.07) is 6.86. The fourth-order valence-electron chi connectivity index (χ4n) is 1.70. The number of carbonyl (C=O) groups excluding carboxylic acids is 1. The summed E-state index contributed by atoms with van der Waals surface area (Å²) >= 11 is 5.86. The zero-order valence-corrected chi connectivity index (χ0v) is 9.44. The first-order chi connectivity index (χ1) is 7.52. The highest BCUT2D eigenvalue weighted by atomic mass is 35.5. The number of hydrogen-bond donors (Lipinski definition) is 1. The highest BCUT2D eigenvalue weighted by Crippen LogP contribution is 2.32. The fraction of sp³-hybridized carbons (Fsp3) is 0.250. The molecule has 1 aliphatic rings. The van der Waals surface area contributed by atoms with Crippen molar-refractivity contribution in [3.63, 3.8) is 0 Å². The number of rotatable bonds is 1. The van der Waals surface area contributed by atoms with Gasteiger partial charge in [-0.3, -0.25) is 0 Å². The largest absolute Gasteiger partial charge is 0.456 e. The Morgan fingerprint density at radius 3 is 2.88 bits per heavy atom. The molecule has 16 heavy (non-hydrogen) atoms. The molecule has 1 aliphatic heterocycles. The summed E-state index contributed by atoms with van der Waals surface area (Å²) in [5, 5.41) is 11.0. The Morgan fingerprint density at radius 2 is 2.25 bits per heavy atom. The molecule has 0 aromatic heterocycles. The molecule has 0 aliphatic carbocycles. The van der Waals surface area contributed by atoms with Crippen LogP contribution in [0.2, 0.25) is 5.02 Å². The van der Waals surface area contributed by atoms with Crippen LogP contribution in [0, 0.1) is 0 Å². The minimum Gasteiger partial charge on any atom is -0.456 e. The molecule has 1 heterocycles. The van der Waals surface area contributed by atoms with Gasteiger partial charge >= 0.3 is 5.97 Å². The molecule has 1 N–H and O–H groups in total. The van der Waals surface area contributed by atoms with Crippen LogP contribution in [-0.2, 0) is 15.1 Å². The third-order valence-electron chi connectivity index (χ3n) is 2.67. The molecule has 0 fully saturated rings. The van der Waals surface area contributed by atoms with Gasteiger partial charge in [0.15, 0.2) is 0 Å². The molecule has 1 aromatic carbocycles. The zero-order chi connectivity index (χ0) is 11.8. The second-order valence-electron chi connectivity index (χ2n) is 3.75. The van der Waals surface area contributed by atoms with Crippen LogP contribution in [0.15, 0.2) is 36.4 Å². The van der Waals surface area contributed by atoms with E-state index in [4.69, 9.17) is 16.3 Å². The first-order valence-electron chi connectivity index (χ1n) is 4.90. The Hall–Kier alpha value is -1.32. The molecular weight excluding hydrogens is 228 g/mol. The summed E-state index contributed by atoms with van der Waals surface area (Å²) in [7, 11) is 0. The van der Waals surface area contributed by atoms with Crippen molar-refractivity contribution in [1.29, 1.82) is 0 Å². The summed E-state index contributed by atoms with van der Waals surface area (Å²) in [5.74, 6) is -0.445. The first kappa shape index (κ1) is 11.2. The van der Waals surface area contributed by atoms with Gasteiger partial charge in [0.2, 0.25) is 0 Å². The molecule has 0 radical (unpaired) electrons. The van der Waals surface area contributed by atoms with Gasteiger partial charge in [0.25, 0.3) is 0 Å². The van der Waals surface area contributed by atoms with Crippen LogP contribution in [0.3, 0.4) is 0 Å². The van der Waals surface area contributed by atoms with Gasteiger partial charge in [-0.2, -0.15) is 0 Å². The van der Waals surface area contributed by atoms with Crippen molar-refractivity contribution in [3.8, 4) is 0 Å². The number of esters is 1. The molecule has 1 aromatic rings. The Labute approximate surface area is 98.3 Å². The quantitative estimate of drug-likeness (QED) is 0.762. The molecule has 0 unspecified atom stereocenters. The van der Waals surface area contributed by atoms with Crippen LogP contribution in [-0.4, -0.2) is 17.2 Å². The van der Waals surface area contributed by atoms with Crippen molar-refractivity contribution >= 4 is 17.6 Å². The van der Waals surface area contributed by atoms with Gasteiger partial charge in [-0.05, 0) is 30.7 Å². The van der Waals surface area contributed by atoms with Gasteiger partial charge < -0.3 is 9.84 Å². The second kappa shape index (κ2) is 3.92. The Balaban J connectivity index is 2.45. The van der Waals surface area contributed by atoms with Gasteiger partial charge in [0, 0.05) is 11.1 Å². The van der Waals surface area contributed by atoms with Crippen molar-refractivity contribution in [2.24, 2.45) is 0 Å². The first-order valence-corrected chi connectivity index (χ1v) is 5.28. The number of halogens is 1. The fourth-order valence-corrected chi connectivity index (χ4v) is 1.89. The summed E-state index contributed by atoms with van der Waals surface area (Å²) in [5.41, 5.74) is -0.699. The number of carbonyl (C=O) groups is 1. The number of cyclic esters (lactones) is 1. The molecule has 3 nitrogen and oxygen atoms in total. The summed E-state index contributed by atoms with van der Waals surface area (Å²) in [4.78, 5) is 11.0. The van der Waals surface area contributed by atoms with E-state index in [0.717, 1.165) is 0 Å². The van der Waals surface area contributed by atoms with Crippen molar-refractivity contribution in [3.05, 3.63) is 47.0 Å². The average Bonchev–Trinajstić information content (AvgIpc) is 2.24. The summed E-state index contributed by atoms with van der Waals surface area (Å²) in [6.45, 7) is 1.64. The molecule has 0 spiro atoms. The van der Waals surface area contributed by atoms with Crippen molar-refractivity contribution in [1.82, 2.24) is 0 Å². The Kier molecular flexibility index (Phi) is 2.74. The van der Waals surface area contributed by atoms with Crippen LogP contribution in [0.1, 0.15) is 12.5 Å².